The number of anilines is 1. The van der Waals surface area contributed by atoms with E-state index < -0.39 is 0 Å². The molecule has 0 unspecified atom stereocenters. The van der Waals surface area contributed by atoms with E-state index in [1.807, 2.05) is 48.5 Å². The van der Waals surface area contributed by atoms with E-state index in [1.165, 1.54) is 0 Å². The Kier molecular flexibility index (Phi) is 4.81. The van der Waals surface area contributed by atoms with Gasteiger partial charge in [-0.1, -0.05) is 29.8 Å². The Morgan fingerprint density at radius 3 is 2.41 bits per heavy atom. The van der Waals surface area contributed by atoms with Crippen LogP contribution in [0.3, 0.4) is 0 Å². The van der Waals surface area contributed by atoms with Gasteiger partial charge in [-0.2, -0.15) is 0 Å². The predicted molar refractivity (Wildman–Crippen MR) is 106 cm³/mol. The summed E-state index contributed by atoms with van der Waals surface area (Å²) in [6.45, 7) is 2.66. The maximum atomic E-state index is 12.9. The molecule has 4 rings (SSSR count). The second kappa shape index (κ2) is 7.40. The summed E-state index contributed by atoms with van der Waals surface area (Å²) in [5.74, 6) is 0.646. The summed E-state index contributed by atoms with van der Waals surface area (Å²) in [5, 5.41) is 0.147. The molecule has 6 nitrogen and oxygen atoms in total. The smallest absolute Gasteiger partial charge is 0.275 e. The first-order valence-corrected chi connectivity index (χ1v) is 9.14. The second-order valence-electron chi connectivity index (χ2n) is 6.33. The van der Waals surface area contributed by atoms with Crippen LogP contribution < -0.4 is 9.64 Å². The summed E-state index contributed by atoms with van der Waals surface area (Å²) in [5.41, 5.74) is 2.65. The lowest BCUT2D eigenvalue weighted by molar-refractivity contribution is 0.0741. The lowest BCUT2D eigenvalue weighted by atomic mass is 10.2. The van der Waals surface area contributed by atoms with Crippen LogP contribution in [0.2, 0.25) is 5.15 Å². The average molecular weight is 383 g/mol. The zero-order chi connectivity index (χ0) is 18.8. The fraction of sp³-hybridized carbons (Fsp3) is 0.250. The molecular weight excluding hydrogens is 364 g/mol. The molecule has 0 saturated carbocycles. The highest BCUT2D eigenvalue weighted by Crippen LogP contribution is 2.23. The van der Waals surface area contributed by atoms with Crippen molar-refractivity contribution in [2.75, 3.05) is 38.2 Å². The summed E-state index contributed by atoms with van der Waals surface area (Å²) in [6, 6.07) is 15.3. The van der Waals surface area contributed by atoms with Crippen LogP contribution in [0.5, 0.6) is 5.75 Å². The Labute approximate surface area is 162 Å². The maximum absolute atomic E-state index is 12.9. The van der Waals surface area contributed by atoms with Crippen molar-refractivity contribution in [1.82, 2.24) is 14.9 Å². The molecule has 0 aliphatic carbocycles. The van der Waals surface area contributed by atoms with Gasteiger partial charge in [-0.15, -0.1) is 0 Å². The molecule has 0 radical (unpaired) electrons. The standard InChI is InChI=1S/C20H19ClN4O2/c1-27-15-6-4-5-14(13-15)24-9-11-25(12-10-24)20(26)18-19(21)23-17-8-3-2-7-16(17)22-18/h2-8,13H,9-12H2,1H3. The van der Waals surface area contributed by atoms with Crippen LogP contribution in [0.15, 0.2) is 48.5 Å². The number of ether oxygens (including phenoxy) is 1. The normalized spacial score (nSPS) is 14.4. The number of hydrogen-bond donors (Lipinski definition) is 0. The Bertz CT molecular complexity index is 987. The maximum Gasteiger partial charge on any atom is 0.275 e. The number of piperazine rings is 1. The van der Waals surface area contributed by atoms with Crippen LogP contribution in [0, 0.1) is 0 Å². The predicted octanol–water partition coefficient (Wildman–Crippen LogP) is 3.25. The second-order valence-corrected chi connectivity index (χ2v) is 6.69. The van der Waals surface area contributed by atoms with Crippen molar-refractivity contribution >= 4 is 34.2 Å². The Balaban J connectivity index is 1.49. The monoisotopic (exact) mass is 382 g/mol. The topological polar surface area (TPSA) is 58.6 Å². The van der Waals surface area contributed by atoms with Gasteiger partial charge in [0.25, 0.3) is 5.91 Å². The number of carbonyl (C=O) groups excluding carboxylic acids is 1. The Morgan fingerprint density at radius 2 is 1.70 bits per heavy atom. The first kappa shape index (κ1) is 17.5. The molecule has 1 aliphatic heterocycles. The third kappa shape index (κ3) is 3.53. The number of nitrogens with zero attached hydrogens (tertiary/aromatic N) is 4. The molecule has 27 heavy (non-hydrogen) atoms. The van der Waals surface area contributed by atoms with Crippen molar-refractivity contribution in [2.45, 2.75) is 0 Å². The van der Waals surface area contributed by atoms with Gasteiger partial charge in [0.05, 0.1) is 18.1 Å². The molecule has 0 spiro atoms. The van der Waals surface area contributed by atoms with Crippen molar-refractivity contribution in [3.05, 3.63) is 59.4 Å². The van der Waals surface area contributed by atoms with Gasteiger partial charge in [0.2, 0.25) is 0 Å². The van der Waals surface area contributed by atoms with E-state index in [0.717, 1.165) is 24.5 Å². The molecule has 1 fully saturated rings. The van der Waals surface area contributed by atoms with Crippen LogP contribution >= 0.6 is 11.6 Å². The molecule has 3 aromatic rings. The molecule has 2 aromatic carbocycles. The van der Waals surface area contributed by atoms with Crippen molar-refractivity contribution in [3.63, 3.8) is 0 Å². The van der Waals surface area contributed by atoms with Crippen molar-refractivity contribution in [1.29, 1.82) is 0 Å². The zero-order valence-electron chi connectivity index (χ0n) is 14.9. The van der Waals surface area contributed by atoms with E-state index in [2.05, 4.69) is 14.9 Å². The summed E-state index contributed by atoms with van der Waals surface area (Å²) < 4.78 is 5.29. The molecule has 1 aromatic heterocycles. The summed E-state index contributed by atoms with van der Waals surface area (Å²) in [4.78, 5) is 25.7. The molecular formula is C20H19ClN4O2. The van der Waals surface area contributed by atoms with Crippen LogP contribution in [0.1, 0.15) is 10.5 Å². The third-order valence-electron chi connectivity index (χ3n) is 4.72. The summed E-state index contributed by atoms with van der Waals surface area (Å²) in [7, 11) is 1.66. The highest BCUT2D eigenvalue weighted by Gasteiger charge is 2.25. The number of benzene rings is 2. The summed E-state index contributed by atoms with van der Waals surface area (Å²) >= 11 is 6.23. The first-order valence-electron chi connectivity index (χ1n) is 8.76. The molecule has 0 N–H and O–H groups in total. The van der Waals surface area contributed by atoms with Gasteiger partial charge in [-0.3, -0.25) is 4.79 Å². The molecule has 1 amide bonds. The molecule has 1 aliphatic rings. The minimum Gasteiger partial charge on any atom is -0.497 e. The number of hydrogen-bond acceptors (Lipinski definition) is 5. The van der Waals surface area contributed by atoms with Crippen molar-refractivity contribution < 1.29 is 9.53 Å². The van der Waals surface area contributed by atoms with E-state index in [-0.39, 0.29) is 16.8 Å². The van der Waals surface area contributed by atoms with Gasteiger partial charge in [-0.05, 0) is 24.3 Å². The molecule has 0 bridgehead atoms. The molecule has 0 atom stereocenters. The van der Waals surface area contributed by atoms with Crippen LogP contribution in [0.4, 0.5) is 5.69 Å². The highest BCUT2D eigenvalue weighted by molar-refractivity contribution is 6.32. The van der Waals surface area contributed by atoms with E-state index in [1.54, 1.807) is 12.0 Å². The van der Waals surface area contributed by atoms with Gasteiger partial charge in [0.1, 0.15) is 5.75 Å². The first-order chi connectivity index (χ1) is 13.2. The van der Waals surface area contributed by atoms with Gasteiger partial charge in [0, 0.05) is 37.9 Å². The van der Waals surface area contributed by atoms with Gasteiger partial charge in [0.15, 0.2) is 10.8 Å². The third-order valence-corrected chi connectivity index (χ3v) is 4.98. The van der Waals surface area contributed by atoms with E-state index >= 15 is 0 Å². The fourth-order valence-corrected chi connectivity index (χ4v) is 3.45. The number of carbonyl (C=O) groups is 1. The molecule has 7 heteroatoms. The number of methoxy groups -OCH3 is 1. The van der Waals surface area contributed by atoms with Crippen molar-refractivity contribution in [2.24, 2.45) is 0 Å². The van der Waals surface area contributed by atoms with Crippen LogP contribution in [-0.2, 0) is 0 Å². The van der Waals surface area contributed by atoms with E-state index in [9.17, 15) is 4.79 Å². The Morgan fingerprint density at radius 1 is 1.00 bits per heavy atom. The number of para-hydroxylation sites is 2. The number of halogens is 1. The van der Waals surface area contributed by atoms with Crippen molar-refractivity contribution in [3.8, 4) is 5.75 Å². The summed E-state index contributed by atoms with van der Waals surface area (Å²) in [6.07, 6.45) is 0. The minimum atomic E-state index is -0.177. The number of rotatable bonds is 3. The lowest BCUT2D eigenvalue weighted by Gasteiger charge is -2.36. The van der Waals surface area contributed by atoms with E-state index in [0.29, 0.717) is 24.1 Å². The van der Waals surface area contributed by atoms with Gasteiger partial charge >= 0.3 is 0 Å². The number of amides is 1. The molecule has 2 heterocycles. The number of aromatic nitrogens is 2. The van der Waals surface area contributed by atoms with Gasteiger partial charge in [-0.25, -0.2) is 9.97 Å². The van der Waals surface area contributed by atoms with Gasteiger partial charge < -0.3 is 14.5 Å². The van der Waals surface area contributed by atoms with Crippen LogP contribution in [0.25, 0.3) is 11.0 Å². The molecule has 138 valence electrons. The fourth-order valence-electron chi connectivity index (χ4n) is 3.24. The van der Waals surface area contributed by atoms with E-state index in [4.69, 9.17) is 16.3 Å². The number of fused-ring (bicyclic) bond motifs is 1. The Hall–Kier alpha value is -2.86. The zero-order valence-corrected chi connectivity index (χ0v) is 15.7. The largest absolute Gasteiger partial charge is 0.497 e. The SMILES string of the molecule is COc1cccc(N2CCN(C(=O)c3nc4ccccc4nc3Cl)CC2)c1. The molecule has 1 saturated heterocycles. The lowest BCUT2D eigenvalue weighted by Crippen LogP contribution is -2.49. The average Bonchev–Trinajstić information content (AvgIpc) is 2.73. The minimum absolute atomic E-state index is 0.147. The highest BCUT2D eigenvalue weighted by atomic mass is 35.5. The van der Waals surface area contributed by atoms with Crippen LogP contribution in [-0.4, -0.2) is 54.1 Å². The quantitative estimate of drug-likeness (QED) is 0.696.